The van der Waals surface area contributed by atoms with Crippen LogP contribution in [0.2, 0.25) is 0 Å². The van der Waals surface area contributed by atoms with Gasteiger partial charge < -0.3 is 4.55 Å². The zero-order valence-corrected chi connectivity index (χ0v) is 6.00. The van der Waals surface area contributed by atoms with Crippen LogP contribution in [0.3, 0.4) is 0 Å². The molecule has 0 fully saturated rings. The van der Waals surface area contributed by atoms with Gasteiger partial charge in [0.25, 0.3) is 0 Å². The van der Waals surface area contributed by atoms with Crippen molar-refractivity contribution in [3.63, 3.8) is 0 Å². The van der Waals surface area contributed by atoms with Crippen LogP contribution in [0.4, 0.5) is 0 Å². The molecule has 0 aromatic heterocycles. The van der Waals surface area contributed by atoms with Crippen molar-refractivity contribution in [2.45, 2.75) is 5.56 Å². The third kappa shape index (κ3) is 4.80. The van der Waals surface area contributed by atoms with Crippen molar-refractivity contribution >= 4 is 34.6 Å². The Bertz CT molecular complexity index is 87.4. The minimum Gasteiger partial charge on any atom is -0.750 e. The van der Waals surface area contributed by atoms with Gasteiger partial charge in [0.2, 0.25) is 0 Å². The summed E-state index contributed by atoms with van der Waals surface area (Å²) < 4.78 is 23.2. The summed E-state index contributed by atoms with van der Waals surface area (Å²) >= 11 is 7.62. The summed E-state index contributed by atoms with van der Waals surface area (Å²) in [5.41, 5.74) is -0.949. The first-order chi connectivity index (χ1) is 3.66. The third-order valence-corrected chi connectivity index (χ3v) is 1.48. The highest BCUT2D eigenvalue weighted by molar-refractivity contribution is 7.74. The molecule has 0 aliphatic rings. The second-order valence-electron chi connectivity index (χ2n) is 0.865. The molecule has 0 amide bonds. The Morgan fingerprint density at radius 3 is 2.50 bits per heavy atom. The number of hydrogen-bond donors (Lipinski definition) is 0. The minimum atomic E-state index is -2.56. The van der Waals surface area contributed by atoms with Crippen molar-refractivity contribution in [3.05, 3.63) is 0 Å². The van der Waals surface area contributed by atoms with E-state index in [4.69, 9.17) is 23.2 Å². The molecule has 0 spiro atoms. The van der Waals surface area contributed by atoms with E-state index in [1.54, 1.807) is 0 Å². The number of alkyl halides is 2. The zero-order valence-electron chi connectivity index (χ0n) is 3.67. The van der Waals surface area contributed by atoms with Crippen LogP contribution in [0.5, 0.6) is 0 Å². The number of hydrogen-bond acceptors (Lipinski definition) is 3. The average molecular weight is 178 g/mol. The summed E-state index contributed by atoms with van der Waals surface area (Å²) in [6.07, 6.45) is 0. The van der Waals surface area contributed by atoms with E-state index < -0.39 is 16.9 Å². The summed E-state index contributed by atoms with van der Waals surface area (Å²) in [4.78, 5) is 0. The van der Waals surface area contributed by atoms with Crippen molar-refractivity contribution in [2.24, 2.45) is 0 Å². The molecule has 8 heavy (non-hydrogen) atoms. The Balaban J connectivity index is 3.24. The van der Waals surface area contributed by atoms with Gasteiger partial charge in [0, 0.05) is 0 Å². The lowest BCUT2D eigenvalue weighted by Gasteiger charge is -2.07. The van der Waals surface area contributed by atoms with E-state index in [1.807, 2.05) is 0 Å². The largest absolute Gasteiger partial charge is 0.750 e. The smallest absolute Gasteiger partial charge is 0.160 e. The zero-order chi connectivity index (χ0) is 6.57. The van der Waals surface area contributed by atoms with Gasteiger partial charge in [0.15, 0.2) is 5.56 Å². The highest BCUT2D eigenvalue weighted by Gasteiger charge is 1.99. The standard InChI is InChI=1S/C2H4Cl2O3S/c3-1-2(4)7-8(5)6/h2H,1H2,(H,5,6)/p-1. The first-order valence-corrected chi connectivity index (χ1v) is 3.60. The molecule has 0 saturated carbocycles. The van der Waals surface area contributed by atoms with Gasteiger partial charge in [-0.3, -0.25) is 4.18 Å². The van der Waals surface area contributed by atoms with Gasteiger partial charge in [0.05, 0.1) is 17.2 Å². The normalized spacial score (nSPS) is 17.9. The molecule has 0 heterocycles. The molecule has 0 N–H and O–H groups in total. The summed E-state index contributed by atoms with van der Waals surface area (Å²) in [7, 11) is 0. The molecule has 50 valence electrons. The van der Waals surface area contributed by atoms with Crippen LogP contribution in [0, 0.1) is 0 Å². The maximum absolute atomic E-state index is 9.60. The number of rotatable bonds is 3. The van der Waals surface area contributed by atoms with E-state index in [2.05, 4.69) is 4.18 Å². The SMILES string of the molecule is O=S([O-])OC(Cl)CCl. The van der Waals surface area contributed by atoms with Crippen molar-refractivity contribution in [3.8, 4) is 0 Å². The highest BCUT2D eigenvalue weighted by Crippen LogP contribution is 2.00. The molecule has 2 unspecified atom stereocenters. The molecule has 0 aromatic rings. The van der Waals surface area contributed by atoms with Crippen LogP contribution in [0.1, 0.15) is 0 Å². The lowest BCUT2D eigenvalue weighted by molar-refractivity contribution is 0.289. The molecule has 2 atom stereocenters. The third-order valence-electron chi connectivity index (χ3n) is 0.304. The number of halogens is 2. The maximum Gasteiger partial charge on any atom is 0.160 e. The molecule has 6 heteroatoms. The van der Waals surface area contributed by atoms with Gasteiger partial charge in [0.1, 0.15) is 0 Å². The van der Waals surface area contributed by atoms with Crippen LogP contribution in [-0.4, -0.2) is 20.2 Å². The topological polar surface area (TPSA) is 49.4 Å². The Morgan fingerprint density at radius 2 is 2.38 bits per heavy atom. The fraction of sp³-hybridized carbons (Fsp3) is 1.00. The predicted molar refractivity (Wildman–Crippen MR) is 30.4 cm³/mol. The predicted octanol–water partition coefficient (Wildman–Crippen LogP) is 0.601. The molecular formula is C2H3Cl2O3S-. The minimum absolute atomic E-state index is 0.0461. The van der Waals surface area contributed by atoms with Crippen molar-refractivity contribution in [2.75, 3.05) is 5.88 Å². The van der Waals surface area contributed by atoms with Gasteiger partial charge in [-0.2, -0.15) is 0 Å². The summed E-state index contributed by atoms with van der Waals surface area (Å²) in [6.45, 7) is 0. The molecule has 0 saturated heterocycles. The Morgan fingerprint density at radius 1 is 1.88 bits per heavy atom. The van der Waals surface area contributed by atoms with Crippen molar-refractivity contribution in [1.82, 2.24) is 0 Å². The van der Waals surface area contributed by atoms with Crippen LogP contribution in [-0.2, 0) is 15.5 Å². The molecular weight excluding hydrogens is 175 g/mol. The Labute approximate surface area is 59.4 Å². The molecule has 0 rings (SSSR count). The summed E-state index contributed by atoms with van der Waals surface area (Å²) in [6, 6.07) is 0. The van der Waals surface area contributed by atoms with Crippen LogP contribution in [0.15, 0.2) is 0 Å². The van der Waals surface area contributed by atoms with Gasteiger partial charge >= 0.3 is 0 Å². The van der Waals surface area contributed by atoms with E-state index >= 15 is 0 Å². The highest BCUT2D eigenvalue weighted by atomic mass is 35.5. The van der Waals surface area contributed by atoms with Crippen molar-refractivity contribution < 1.29 is 12.9 Å². The van der Waals surface area contributed by atoms with Crippen LogP contribution in [0.25, 0.3) is 0 Å². The monoisotopic (exact) mass is 177 g/mol. The molecule has 0 radical (unpaired) electrons. The van der Waals surface area contributed by atoms with Crippen LogP contribution < -0.4 is 0 Å². The average Bonchev–Trinajstić information content (AvgIpc) is 1.65. The molecule has 0 aliphatic heterocycles. The van der Waals surface area contributed by atoms with Gasteiger partial charge in [-0.25, -0.2) is 4.21 Å². The van der Waals surface area contributed by atoms with Gasteiger partial charge in [-0.15, -0.1) is 11.6 Å². The molecule has 0 bridgehead atoms. The fourth-order valence-corrected chi connectivity index (χ4v) is 0.665. The second-order valence-corrected chi connectivity index (χ2v) is 2.26. The van der Waals surface area contributed by atoms with E-state index in [-0.39, 0.29) is 5.88 Å². The quantitative estimate of drug-likeness (QED) is 0.469. The summed E-state index contributed by atoms with van der Waals surface area (Å²) in [5.74, 6) is -0.0461. The Kier molecular flexibility index (Phi) is 4.89. The van der Waals surface area contributed by atoms with E-state index in [0.29, 0.717) is 0 Å². The molecule has 3 nitrogen and oxygen atoms in total. The molecule has 0 aliphatic carbocycles. The first kappa shape index (κ1) is 8.65. The maximum atomic E-state index is 9.60. The van der Waals surface area contributed by atoms with Gasteiger partial charge in [-0.05, 0) is 0 Å². The van der Waals surface area contributed by atoms with E-state index in [1.165, 1.54) is 0 Å². The Hall–Kier alpha value is 0.650. The first-order valence-electron chi connectivity index (χ1n) is 1.63. The molecule has 0 aromatic carbocycles. The van der Waals surface area contributed by atoms with Crippen molar-refractivity contribution in [1.29, 1.82) is 0 Å². The lowest BCUT2D eigenvalue weighted by Crippen LogP contribution is -2.07. The van der Waals surface area contributed by atoms with Gasteiger partial charge in [-0.1, -0.05) is 11.6 Å². The van der Waals surface area contributed by atoms with Crippen LogP contribution >= 0.6 is 23.2 Å². The lowest BCUT2D eigenvalue weighted by atomic mass is 10.9. The van der Waals surface area contributed by atoms with E-state index in [0.717, 1.165) is 0 Å². The fourth-order valence-electron chi connectivity index (χ4n) is 0.111. The summed E-state index contributed by atoms with van der Waals surface area (Å²) in [5, 5.41) is 0. The van der Waals surface area contributed by atoms with E-state index in [9.17, 15) is 8.76 Å². The second kappa shape index (κ2) is 4.52.